The van der Waals surface area contributed by atoms with Gasteiger partial charge in [-0.25, -0.2) is 0 Å². The van der Waals surface area contributed by atoms with Crippen molar-refractivity contribution in [3.63, 3.8) is 0 Å². The molecule has 0 amide bonds. The predicted octanol–water partition coefficient (Wildman–Crippen LogP) is 2.86. The molecule has 0 saturated carbocycles. The maximum absolute atomic E-state index is 5.68. The van der Waals surface area contributed by atoms with Crippen LogP contribution in [0.1, 0.15) is 19.4 Å². The molecule has 20 heavy (non-hydrogen) atoms. The molecule has 0 spiro atoms. The molecule has 1 aromatic heterocycles. The summed E-state index contributed by atoms with van der Waals surface area (Å²) in [5, 5.41) is 4.81. The molecule has 2 saturated heterocycles. The average Bonchev–Trinajstić information content (AvgIpc) is 3.10. The largest absolute Gasteiger partial charge is 0.464 e. The van der Waals surface area contributed by atoms with Crippen LogP contribution in [0, 0.1) is 11.8 Å². The van der Waals surface area contributed by atoms with Crippen molar-refractivity contribution in [1.82, 2.24) is 10.2 Å². The van der Waals surface area contributed by atoms with Crippen molar-refractivity contribution in [3.05, 3.63) is 36.1 Å². The molecule has 3 nitrogen and oxygen atoms in total. The Kier molecular flexibility index (Phi) is 2.69. The van der Waals surface area contributed by atoms with Gasteiger partial charge in [0.15, 0.2) is 0 Å². The second kappa shape index (κ2) is 4.34. The normalized spacial score (nSPS) is 29.1. The highest BCUT2D eigenvalue weighted by Gasteiger charge is 2.49. The molecule has 1 N–H and O–H groups in total. The van der Waals surface area contributed by atoms with Crippen LogP contribution in [-0.2, 0) is 6.54 Å². The molecule has 0 bridgehead atoms. The van der Waals surface area contributed by atoms with Crippen molar-refractivity contribution in [1.29, 1.82) is 0 Å². The molecular formula is C17H22N2O. The second-order valence-corrected chi connectivity index (χ2v) is 6.82. The van der Waals surface area contributed by atoms with Crippen LogP contribution in [-0.4, -0.2) is 30.1 Å². The van der Waals surface area contributed by atoms with E-state index in [4.69, 9.17) is 4.42 Å². The highest BCUT2D eigenvalue weighted by atomic mass is 16.3. The minimum atomic E-state index is 0.270. The molecule has 3 heterocycles. The first-order valence-corrected chi connectivity index (χ1v) is 7.57. The number of furan rings is 1. The fourth-order valence-corrected chi connectivity index (χ4v) is 4.13. The van der Waals surface area contributed by atoms with E-state index in [9.17, 15) is 0 Å². The Morgan fingerprint density at radius 2 is 2.15 bits per heavy atom. The molecule has 2 atom stereocenters. The van der Waals surface area contributed by atoms with Crippen LogP contribution in [0.3, 0.4) is 0 Å². The zero-order valence-corrected chi connectivity index (χ0v) is 12.2. The van der Waals surface area contributed by atoms with Crippen LogP contribution in [0.2, 0.25) is 0 Å². The van der Waals surface area contributed by atoms with Crippen molar-refractivity contribution in [3.8, 4) is 0 Å². The third-order valence-corrected chi connectivity index (χ3v) is 5.44. The Balaban J connectivity index is 1.63. The lowest BCUT2D eigenvalue weighted by Crippen LogP contribution is -2.43. The minimum absolute atomic E-state index is 0.270. The molecule has 4 rings (SSSR count). The van der Waals surface area contributed by atoms with Crippen molar-refractivity contribution < 1.29 is 4.42 Å². The Morgan fingerprint density at radius 1 is 1.30 bits per heavy atom. The number of hydrogen-bond donors (Lipinski definition) is 1. The number of para-hydroxylation sites is 1. The van der Waals surface area contributed by atoms with E-state index in [0.29, 0.717) is 0 Å². The van der Waals surface area contributed by atoms with Crippen LogP contribution in [0.4, 0.5) is 0 Å². The van der Waals surface area contributed by atoms with Gasteiger partial charge in [0.2, 0.25) is 0 Å². The van der Waals surface area contributed by atoms with Gasteiger partial charge in [0.05, 0.1) is 6.26 Å². The van der Waals surface area contributed by atoms with Gasteiger partial charge in [0.1, 0.15) is 5.58 Å². The van der Waals surface area contributed by atoms with E-state index in [0.717, 1.165) is 24.0 Å². The molecule has 0 radical (unpaired) electrons. The average molecular weight is 270 g/mol. The number of rotatable bonds is 2. The Labute approximate surface area is 119 Å². The molecule has 2 aliphatic rings. The number of likely N-dealkylation sites (tertiary alicyclic amines) is 1. The summed E-state index contributed by atoms with van der Waals surface area (Å²) in [5.41, 5.74) is 2.59. The van der Waals surface area contributed by atoms with Crippen LogP contribution < -0.4 is 5.32 Å². The number of fused-ring (bicyclic) bond motifs is 2. The number of hydrogen-bond acceptors (Lipinski definition) is 3. The lowest BCUT2D eigenvalue weighted by molar-refractivity contribution is 0.132. The van der Waals surface area contributed by atoms with Gasteiger partial charge in [-0.1, -0.05) is 18.2 Å². The summed E-state index contributed by atoms with van der Waals surface area (Å²) < 4.78 is 5.68. The summed E-state index contributed by atoms with van der Waals surface area (Å²) in [6, 6.07) is 8.34. The predicted molar refractivity (Wildman–Crippen MR) is 80.6 cm³/mol. The summed E-state index contributed by atoms with van der Waals surface area (Å²) in [6.45, 7) is 9.33. The van der Waals surface area contributed by atoms with Crippen molar-refractivity contribution >= 4 is 11.0 Å². The van der Waals surface area contributed by atoms with Gasteiger partial charge in [-0.3, -0.25) is 4.90 Å². The van der Waals surface area contributed by atoms with E-state index < -0.39 is 0 Å². The summed E-state index contributed by atoms with van der Waals surface area (Å²) in [6.07, 6.45) is 1.94. The summed E-state index contributed by atoms with van der Waals surface area (Å²) in [5.74, 6) is 1.59. The molecule has 106 valence electrons. The third kappa shape index (κ3) is 1.73. The van der Waals surface area contributed by atoms with E-state index in [1.165, 1.54) is 30.6 Å². The third-order valence-electron chi connectivity index (χ3n) is 5.44. The molecular weight excluding hydrogens is 248 g/mol. The van der Waals surface area contributed by atoms with Gasteiger partial charge >= 0.3 is 0 Å². The second-order valence-electron chi connectivity index (χ2n) is 6.82. The van der Waals surface area contributed by atoms with E-state index in [2.05, 4.69) is 36.2 Å². The standard InChI is InChI=1S/C17H22N2O/c1-17(2)15-8-18-7-12(15)9-19(17)10-13-11-20-16-6-4-3-5-14(13)16/h3-6,11-12,15,18H,7-10H2,1-2H3. The van der Waals surface area contributed by atoms with Gasteiger partial charge in [0.25, 0.3) is 0 Å². The first kappa shape index (κ1) is 12.4. The monoisotopic (exact) mass is 270 g/mol. The number of nitrogens with one attached hydrogen (secondary N) is 1. The quantitative estimate of drug-likeness (QED) is 0.909. The molecule has 2 unspecified atom stereocenters. The van der Waals surface area contributed by atoms with Gasteiger partial charge < -0.3 is 9.73 Å². The number of benzene rings is 1. The van der Waals surface area contributed by atoms with Gasteiger partial charge in [0, 0.05) is 36.1 Å². The fraction of sp³-hybridized carbons (Fsp3) is 0.529. The fourth-order valence-electron chi connectivity index (χ4n) is 4.13. The maximum atomic E-state index is 5.68. The van der Waals surface area contributed by atoms with E-state index in [1.807, 2.05) is 18.4 Å². The molecule has 0 aliphatic carbocycles. The first-order valence-electron chi connectivity index (χ1n) is 7.57. The van der Waals surface area contributed by atoms with Gasteiger partial charge in [-0.05, 0) is 38.3 Å². The summed E-state index contributed by atoms with van der Waals surface area (Å²) >= 11 is 0. The maximum Gasteiger partial charge on any atom is 0.134 e. The smallest absolute Gasteiger partial charge is 0.134 e. The van der Waals surface area contributed by atoms with Crippen LogP contribution in [0.5, 0.6) is 0 Å². The summed E-state index contributed by atoms with van der Waals surface area (Å²) in [4.78, 5) is 2.64. The van der Waals surface area contributed by atoms with Gasteiger partial charge in [-0.15, -0.1) is 0 Å². The topological polar surface area (TPSA) is 28.4 Å². The lowest BCUT2D eigenvalue weighted by Gasteiger charge is -2.35. The van der Waals surface area contributed by atoms with Crippen molar-refractivity contribution in [2.24, 2.45) is 11.8 Å². The molecule has 2 fully saturated rings. The van der Waals surface area contributed by atoms with E-state index >= 15 is 0 Å². The number of nitrogens with zero attached hydrogens (tertiary/aromatic N) is 1. The summed E-state index contributed by atoms with van der Waals surface area (Å²) in [7, 11) is 0. The van der Waals surface area contributed by atoms with Crippen LogP contribution in [0.15, 0.2) is 34.9 Å². The van der Waals surface area contributed by atoms with E-state index in [-0.39, 0.29) is 5.54 Å². The molecule has 2 aliphatic heterocycles. The van der Waals surface area contributed by atoms with Gasteiger partial charge in [-0.2, -0.15) is 0 Å². The zero-order valence-electron chi connectivity index (χ0n) is 12.2. The minimum Gasteiger partial charge on any atom is -0.464 e. The Hall–Kier alpha value is -1.32. The van der Waals surface area contributed by atoms with Crippen LogP contribution >= 0.6 is 0 Å². The van der Waals surface area contributed by atoms with Crippen molar-refractivity contribution in [2.75, 3.05) is 19.6 Å². The highest BCUT2D eigenvalue weighted by molar-refractivity contribution is 5.80. The molecule has 3 heteroatoms. The molecule has 2 aromatic rings. The zero-order chi connectivity index (χ0) is 13.7. The van der Waals surface area contributed by atoms with Crippen molar-refractivity contribution in [2.45, 2.75) is 25.9 Å². The molecule has 1 aromatic carbocycles. The lowest BCUT2D eigenvalue weighted by atomic mass is 9.85. The Morgan fingerprint density at radius 3 is 3.00 bits per heavy atom. The van der Waals surface area contributed by atoms with E-state index in [1.54, 1.807) is 0 Å². The first-order chi connectivity index (χ1) is 9.66. The highest BCUT2D eigenvalue weighted by Crippen LogP contribution is 2.41. The Bertz CT molecular complexity index is 631. The van der Waals surface area contributed by atoms with Crippen LogP contribution in [0.25, 0.3) is 11.0 Å². The SMILES string of the molecule is CC1(C)C2CNCC2CN1Cc1coc2ccccc12.